The molecule has 0 heterocycles. The molecular weight excluding hydrogens is 328 g/mol. The lowest BCUT2D eigenvalue weighted by molar-refractivity contribution is 1.45. The highest BCUT2D eigenvalue weighted by Crippen LogP contribution is 2.40. The van der Waals surface area contributed by atoms with Crippen LogP contribution >= 0.6 is 0 Å². The van der Waals surface area contributed by atoms with Crippen LogP contribution in [0.15, 0.2) is 91.0 Å². The second-order valence-corrected chi connectivity index (χ2v) is 6.79. The summed E-state index contributed by atoms with van der Waals surface area (Å²) in [5, 5.41) is 0. The average molecular weight is 350 g/mol. The summed E-state index contributed by atoms with van der Waals surface area (Å²) in [6.07, 6.45) is 0. The molecule has 0 saturated carbocycles. The number of aryl methyl sites for hydroxylation is 1. The van der Waals surface area contributed by atoms with E-state index in [2.05, 4.69) is 79.7 Å². The highest BCUT2D eigenvalue weighted by Gasteiger charge is 2.13. The van der Waals surface area contributed by atoms with E-state index in [1.807, 2.05) is 18.2 Å². The molecule has 0 aliphatic carbocycles. The third-order valence-corrected chi connectivity index (χ3v) is 4.92. The van der Waals surface area contributed by atoms with E-state index in [1.54, 1.807) is 0 Å². The van der Waals surface area contributed by atoms with Crippen LogP contribution in [0, 0.1) is 6.92 Å². The molecule has 0 fully saturated rings. The van der Waals surface area contributed by atoms with Gasteiger partial charge in [-0.05, 0) is 70.1 Å². The molecule has 27 heavy (non-hydrogen) atoms. The van der Waals surface area contributed by atoms with E-state index >= 15 is 0 Å². The zero-order valence-electron chi connectivity index (χ0n) is 15.3. The van der Waals surface area contributed by atoms with E-state index in [1.165, 1.54) is 22.3 Å². The Morgan fingerprint density at radius 2 is 1.04 bits per heavy atom. The molecule has 4 aromatic rings. The molecule has 0 spiro atoms. The van der Waals surface area contributed by atoms with Crippen LogP contribution < -0.4 is 11.5 Å². The lowest BCUT2D eigenvalue weighted by Gasteiger charge is -2.16. The van der Waals surface area contributed by atoms with Gasteiger partial charge >= 0.3 is 0 Å². The first-order valence-corrected chi connectivity index (χ1v) is 9.04. The molecule has 0 unspecified atom stereocenters. The predicted octanol–water partition coefficient (Wildman–Crippen LogP) is 6.16. The van der Waals surface area contributed by atoms with Crippen molar-refractivity contribution in [3.05, 3.63) is 96.6 Å². The first-order valence-electron chi connectivity index (χ1n) is 9.04. The van der Waals surface area contributed by atoms with Gasteiger partial charge in [0.2, 0.25) is 0 Å². The molecule has 2 nitrogen and oxygen atoms in total. The third kappa shape index (κ3) is 3.30. The molecular formula is C25H22N2. The molecule has 0 aromatic heterocycles. The average Bonchev–Trinajstić information content (AvgIpc) is 2.69. The Hall–Kier alpha value is -3.52. The molecule has 4 aromatic carbocycles. The van der Waals surface area contributed by atoms with Crippen molar-refractivity contribution in [2.24, 2.45) is 0 Å². The molecule has 2 heteroatoms. The second-order valence-electron chi connectivity index (χ2n) is 6.79. The van der Waals surface area contributed by atoms with Gasteiger partial charge in [-0.2, -0.15) is 0 Å². The summed E-state index contributed by atoms with van der Waals surface area (Å²) in [5.74, 6) is 0. The largest absolute Gasteiger partial charge is 0.399 e. The number of benzene rings is 4. The van der Waals surface area contributed by atoms with Gasteiger partial charge in [-0.3, -0.25) is 0 Å². The van der Waals surface area contributed by atoms with Gasteiger partial charge in [0.25, 0.3) is 0 Å². The van der Waals surface area contributed by atoms with Gasteiger partial charge < -0.3 is 11.5 Å². The molecule has 4 N–H and O–H groups in total. The van der Waals surface area contributed by atoms with E-state index < -0.39 is 0 Å². The van der Waals surface area contributed by atoms with Crippen molar-refractivity contribution in [2.75, 3.05) is 11.5 Å². The third-order valence-electron chi connectivity index (χ3n) is 4.92. The van der Waals surface area contributed by atoms with Gasteiger partial charge in [-0.15, -0.1) is 0 Å². The van der Waals surface area contributed by atoms with Crippen LogP contribution in [-0.2, 0) is 0 Å². The van der Waals surface area contributed by atoms with E-state index in [0.717, 1.165) is 28.1 Å². The van der Waals surface area contributed by atoms with Gasteiger partial charge in [-0.25, -0.2) is 0 Å². The number of rotatable bonds is 3. The van der Waals surface area contributed by atoms with Crippen molar-refractivity contribution in [1.82, 2.24) is 0 Å². The summed E-state index contributed by atoms with van der Waals surface area (Å²) in [4.78, 5) is 0. The molecule has 0 radical (unpaired) electrons. The van der Waals surface area contributed by atoms with E-state index in [-0.39, 0.29) is 0 Å². The molecule has 132 valence electrons. The summed E-state index contributed by atoms with van der Waals surface area (Å²) in [6.45, 7) is 2.15. The van der Waals surface area contributed by atoms with Gasteiger partial charge in [0.1, 0.15) is 0 Å². The van der Waals surface area contributed by atoms with Crippen LogP contribution in [-0.4, -0.2) is 0 Å². The number of nitrogens with two attached hydrogens (primary N) is 2. The fourth-order valence-electron chi connectivity index (χ4n) is 3.53. The highest BCUT2D eigenvalue weighted by molar-refractivity contribution is 5.93. The summed E-state index contributed by atoms with van der Waals surface area (Å²) in [5.41, 5.74) is 21.8. The monoisotopic (exact) mass is 350 g/mol. The van der Waals surface area contributed by atoms with Crippen LogP contribution in [0.4, 0.5) is 11.4 Å². The van der Waals surface area contributed by atoms with Crippen LogP contribution in [0.3, 0.4) is 0 Å². The van der Waals surface area contributed by atoms with E-state index in [0.29, 0.717) is 0 Å². The number of hydrogen-bond donors (Lipinski definition) is 2. The molecule has 0 aliphatic heterocycles. The smallest absolute Gasteiger partial charge is 0.0320 e. The molecule has 0 aliphatic rings. The van der Waals surface area contributed by atoms with Crippen LogP contribution in [0.2, 0.25) is 0 Å². The van der Waals surface area contributed by atoms with Crippen molar-refractivity contribution in [3.63, 3.8) is 0 Å². The molecule has 4 rings (SSSR count). The second kappa shape index (κ2) is 7.00. The van der Waals surface area contributed by atoms with Crippen molar-refractivity contribution in [1.29, 1.82) is 0 Å². The minimum Gasteiger partial charge on any atom is -0.399 e. The highest BCUT2D eigenvalue weighted by atomic mass is 14.5. The van der Waals surface area contributed by atoms with Crippen LogP contribution in [0.5, 0.6) is 0 Å². The SMILES string of the molecule is Cc1ccccc1-c1ccccc1-c1cc(N)ccc1-c1ccc(N)cc1. The van der Waals surface area contributed by atoms with Gasteiger partial charge in [0.05, 0.1) is 0 Å². The number of nitrogen functional groups attached to an aromatic ring is 2. The summed E-state index contributed by atoms with van der Waals surface area (Å²) in [6, 6.07) is 31.0. The maximum absolute atomic E-state index is 6.17. The molecule has 0 amide bonds. The Balaban J connectivity index is 1.97. The zero-order valence-corrected chi connectivity index (χ0v) is 15.3. The normalized spacial score (nSPS) is 10.7. The minimum atomic E-state index is 0.754. The van der Waals surface area contributed by atoms with Gasteiger partial charge in [0.15, 0.2) is 0 Å². The maximum atomic E-state index is 6.17. The number of anilines is 2. The summed E-state index contributed by atoms with van der Waals surface area (Å²) < 4.78 is 0. The Kier molecular flexibility index (Phi) is 4.39. The topological polar surface area (TPSA) is 52.0 Å². The van der Waals surface area contributed by atoms with Gasteiger partial charge in [-0.1, -0.05) is 66.7 Å². The molecule has 0 saturated heterocycles. The van der Waals surface area contributed by atoms with E-state index in [4.69, 9.17) is 11.5 Å². The first-order chi connectivity index (χ1) is 13.1. The van der Waals surface area contributed by atoms with Crippen molar-refractivity contribution < 1.29 is 0 Å². The first kappa shape index (κ1) is 16.9. The Morgan fingerprint density at radius 3 is 1.70 bits per heavy atom. The minimum absolute atomic E-state index is 0.754. The standard InChI is InChI=1S/C25H22N2/c1-17-6-2-3-7-21(17)23-8-4-5-9-24(23)25-16-20(27)14-15-22(25)18-10-12-19(26)13-11-18/h2-16H,26-27H2,1H3. The fraction of sp³-hybridized carbons (Fsp3) is 0.0400. The van der Waals surface area contributed by atoms with Crippen molar-refractivity contribution in [3.8, 4) is 33.4 Å². The lowest BCUT2D eigenvalue weighted by Crippen LogP contribution is -1.93. The molecule has 0 atom stereocenters. The Bertz CT molecular complexity index is 1100. The van der Waals surface area contributed by atoms with E-state index in [9.17, 15) is 0 Å². The number of hydrogen-bond acceptors (Lipinski definition) is 2. The quantitative estimate of drug-likeness (QED) is 0.435. The van der Waals surface area contributed by atoms with Gasteiger partial charge in [0, 0.05) is 11.4 Å². The van der Waals surface area contributed by atoms with Crippen molar-refractivity contribution >= 4 is 11.4 Å². The van der Waals surface area contributed by atoms with Crippen LogP contribution in [0.25, 0.3) is 33.4 Å². The maximum Gasteiger partial charge on any atom is 0.0320 e. The fourth-order valence-corrected chi connectivity index (χ4v) is 3.53. The molecule has 0 bridgehead atoms. The lowest BCUT2D eigenvalue weighted by atomic mass is 9.88. The Morgan fingerprint density at radius 1 is 0.481 bits per heavy atom. The van der Waals surface area contributed by atoms with Crippen molar-refractivity contribution in [2.45, 2.75) is 6.92 Å². The van der Waals surface area contributed by atoms with Crippen LogP contribution in [0.1, 0.15) is 5.56 Å². The predicted molar refractivity (Wildman–Crippen MR) is 116 cm³/mol. The summed E-state index contributed by atoms with van der Waals surface area (Å²) in [7, 11) is 0. The Labute approximate surface area is 160 Å². The summed E-state index contributed by atoms with van der Waals surface area (Å²) >= 11 is 0. The zero-order chi connectivity index (χ0) is 18.8.